The normalized spacial score (nSPS) is 13.0. The molecular weight excluding hydrogens is 130 g/mol. The molecule has 1 rings (SSSR count). The second kappa shape index (κ2) is 2.60. The van der Waals surface area contributed by atoms with E-state index >= 15 is 0 Å². The molecule has 1 heterocycles. The number of rotatable bonds is 2. The van der Waals surface area contributed by atoms with E-state index in [1.54, 1.807) is 19.3 Å². The molecule has 1 atom stereocenters. The number of aromatic nitrogens is 3. The summed E-state index contributed by atoms with van der Waals surface area (Å²) in [5.74, 6) is 0.0659. The molecule has 0 fully saturated rings. The molecule has 1 unspecified atom stereocenters. The van der Waals surface area contributed by atoms with Crippen molar-refractivity contribution in [2.45, 2.75) is 19.9 Å². The quantitative estimate of drug-likeness (QED) is 0.596. The van der Waals surface area contributed by atoms with E-state index in [4.69, 9.17) is 0 Å². The second-order valence-electron chi connectivity index (χ2n) is 2.14. The average molecular weight is 139 g/mol. The van der Waals surface area contributed by atoms with Crippen LogP contribution < -0.4 is 0 Å². The number of carbonyl (C=O) groups is 1. The van der Waals surface area contributed by atoms with E-state index in [1.165, 1.54) is 11.7 Å². The van der Waals surface area contributed by atoms with E-state index < -0.39 is 0 Å². The van der Waals surface area contributed by atoms with Crippen LogP contribution in [0.5, 0.6) is 0 Å². The minimum atomic E-state index is -0.241. The van der Waals surface area contributed by atoms with Crippen molar-refractivity contribution in [1.29, 1.82) is 0 Å². The van der Waals surface area contributed by atoms with Crippen LogP contribution in [0.3, 0.4) is 0 Å². The highest BCUT2D eigenvalue weighted by atomic mass is 16.1. The van der Waals surface area contributed by atoms with Gasteiger partial charge in [-0.15, -0.1) is 0 Å². The Morgan fingerprint density at radius 2 is 2.00 bits per heavy atom. The first kappa shape index (κ1) is 6.92. The molecule has 4 heteroatoms. The molecule has 0 bridgehead atoms. The Balaban J connectivity index is 2.77. The molecule has 0 radical (unpaired) electrons. The Morgan fingerprint density at radius 1 is 1.50 bits per heavy atom. The summed E-state index contributed by atoms with van der Waals surface area (Å²) in [4.78, 5) is 12.1. The maximum Gasteiger partial charge on any atom is 0.155 e. The van der Waals surface area contributed by atoms with Gasteiger partial charge in [-0.1, -0.05) is 0 Å². The predicted octanol–water partition coefficient (Wildman–Crippen LogP) is 0.428. The second-order valence-corrected chi connectivity index (χ2v) is 2.14. The third-order valence-corrected chi connectivity index (χ3v) is 1.37. The van der Waals surface area contributed by atoms with E-state index in [2.05, 4.69) is 10.2 Å². The highest BCUT2D eigenvalue weighted by Crippen LogP contribution is 2.00. The van der Waals surface area contributed by atoms with Gasteiger partial charge in [-0.2, -0.15) is 15.0 Å². The number of nitrogens with zero attached hydrogens (tertiary/aromatic N) is 3. The SMILES string of the molecule is CC(=O)C(C)n1nccn1. The van der Waals surface area contributed by atoms with Crippen LogP contribution in [0.15, 0.2) is 12.4 Å². The monoisotopic (exact) mass is 139 g/mol. The molecule has 4 nitrogen and oxygen atoms in total. The summed E-state index contributed by atoms with van der Waals surface area (Å²) in [6.45, 7) is 3.29. The zero-order chi connectivity index (χ0) is 7.56. The van der Waals surface area contributed by atoms with Gasteiger partial charge in [0.2, 0.25) is 0 Å². The van der Waals surface area contributed by atoms with Crippen LogP contribution in [-0.2, 0) is 4.79 Å². The molecule has 0 saturated heterocycles. The third-order valence-electron chi connectivity index (χ3n) is 1.37. The molecule has 0 aromatic carbocycles. The minimum absolute atomic E-state index is 0.0659. The van der Waals surface area contributed by atoms with Crippen molar-refractivity contribution in [2.75, 3.05) is 0 Å². The topological polar surface area (TPSA) is 47.8 Å². The van der Waals surface area contributed by atoms with Crippen molar-refractivity contribution in [3.8, 4) is 0 Å². The van der Waals surface area contributed by atoms with Gasteiger partial charge in [0.1, 0.15) is 6.04 Å². The predicted molar refractivity (Wildman–Crippen MR) is 35.4 cm³/mol. The van der Waals surface area contributed by atoms with E-state index in [9.17, 15) is 4.79 Å². The highest BCUT2D eigenvalue weighted by Gasteiger charge is 2.09. The smallest absolute Gasteiger partial charge is 0.155 e. The lowest BCUT2D eigenvalue weighted by molar-refractivity contribution is -0.120. The third kappa shape index (κ3) is 1.21. The van der Waals surface area contributed by atoms with Gasteiger partial charge in [0.25, 0.3) is 0 Å². The molecule has 0 saturated carbocycles. The summed E-state index contributed by atoms with van der Waals surface area (Å²) in [6, 6.07) is -0.241. The van der Waals surface area contributed by atoms with Gasteiger partial charge in [-0.25, -0.2) is 0 Å². The number of hydrogen-bond acceptors (Lipinski definition) is 3. The van der Waals surface area contributed by atoms with Gasteiger partial charge in [0.15, 0.2) is 5.78 Å². The molecule has 1 aromatic rings. The Labute approximate surface area is 58.8 Å². The molecule has 0 aliphatic carbocycles. The fraction of sp³-hybridized carbons (Fsp3) is 0.500. The summed E-state index contributed by atoms with van der Waals surface area (Å²) in [5, 5.41) is 7.64. The Kier molecular flexibility index (Phi) is 1.80. The van der Waals surface area contributed by atoms with E-state index in [0.29, 0.717) is 0 Å². The standard InChI is InChI=1S/C6H9N3O/c1-5(6(2)10)9-7-3-4-8-9/h3-5H,1-2H3. The summed E-state index contributed by atoms with van der Waals surface area (Å²) in [7, 11) is 0. The molecule has 10 heavy (non-hydrogen) atoms. The van der Waals surface area contributed by atoms with Crippen molar-refractivity contribution < 1.29 is 4.79 Å². The highest BCUT2D eigenvalue weighted by molar-refractivity contribution is 5.79. The number of ketones is 1. The molecule has 0 aliphatic heterocycles. The Bertz CT molecular complexity index is 217. The first-order valence-electron chi connectivity index (χ1n) is 3.08. The Hall–Kier alpha value is -1.19. The summed E-state index contributed by atoms with van der Waals surface area (Å²) in [6.07, 6.45) is 3.11. The van der Waals surface area contributed by atoms with Crippen molar-refractivity contribution >= 4 is 5.78 Å². The van der Waals surface area contributed by atoms with Crippen LogP contribution in [-0.4, -0.2) is 20.8 Å². The van der Waals surface area contributed by atoms with Gasteiger partial charge < -0.3 is 0 Å². The van der Waals surface area contributed by atoms with Crippen LogP contribution in [0.25, 0.3) is 0 Å². The van der Waals surface area contributed by atoms with Gasteiger partial charge in [-0.05, 0) is 13.8 Å². The zero-order valence-corrected chi connectivity index (χ0v) is 5.98. The van der Waals surface area contributed by atoms with Crippen molar-refractivity contribution in [1.82, 2.24) is 15.0 Å². The maximum absolute atomic E-state index is 10.7. The van der Waals surface area contributed by atoms with Crippen LogP contribution in [0.2, 0.25) is 0 Å². The lowest BCUT2D eigenvalue weighted by Crippen LogP contribution is -2.15. The van der Waals surface area contributed by atoms with E-state index in [1.807, 2.05) is 0 Å². The first-order valence-corrected chi connectivity index (χ1v) is 3.08. The molecule has 54 valence electrons. The molecule has 0 spiro atoms. The van der Waals surface area contributed by atoms with Crippen molar-refractivity contribution in [2.24, 2.45) is 0 Å². The van der Waals surface area contributed by atoms with Gasteiger partial charge in [-0.3, -0.25) is 4.79 Å². The van der Waals surface area contributed by atoms with Crippen LogP contribution >= 0.6 is 0 Å². The number of carbonyl (C=O) groups excluding carboxylic acids is 1. The van der Waals surface area contributed by atoms with Crippen LogP contribution in [0, 0.1) is 0 Å². The van der Waals surface area contributed by atoms with Crippen LogP contribution in [0.1, 0.15) is 19.9 Å². The summed E-state index contributed by atoms with van der Waals surface area (Å²) >= 11 is 0. The lowest BCUT2D eigenvalue weighted by Gasteiger charge is -2.03. The zero-order valence-electron chi connectivity index (χ0n) is 5.98. The van der Waals surface area contributed by atoms with Gasteiger partial charge in [0, 0.05) is 0 Å². The fourth-order valence-electron chi connectivity index (χ4n) is 0.589. The minimum Gasteiger partial charge on any atom is -0.298 e. The average Bonchev–Trinajstić information content (AvgIpc) is 2.36. The Morgan fingerprint density at radius 3 is 2.40 bits per heavy atom. The van der Waals surface area contributed by atoms with E-state index in [-0.39, 0.29) is 11.8 Å². The molecular formula is C6H9N3O. The lowest BCUT2D eigenvalue weighted by atomic mass is 10.2. The largest absolute Gasteiger partial charge is 0.298 e. The van der Waals surface area contributed by atoms with Gasteiger partial charge in [0.05, 0.1) is 12.4 Å². The summed E-state index contributed by atoms with van der Waals surface area (Å²) < 4.78 is 0. The van der Waals surface area contributed by atoms with Gasteiger partial charge >= 0.3 is 0 Å². The number of hydrogen-bond donors (Lipinski definition) is 0. The van der Waals surface area contributed by atoms with Crippen LogP contribution in [0.4, 0.5) is 0 Å². The first-order chi connectivity index (χ1) is 4.72. The van der Waals surface area contributed by atoms with Crippen molar-refractivity contribution in [3.05, 3.63) is 12.4 Å². The summed E-state index contributed by atoms with van der Waals surface area (Å²) in [5.41, 5.74) is 0. The van der Waals surface area contributed by atoms with E-state index in [0.717, 1.165) is 0 Å². The molecule has 0 amide bonds. The molecule has 1 aromatic heterocycles. The van der Waals surface area contributed by atoms with Crippen molar-refractivity contribution in [3.63, 3.8) is 0 Å². The fourth-order valence-corrected chi connectivity index (χ4v) is 0.589. The number of Topliss-reactive ketones (excluding diaryl/α,β-unsaturated/α-hetero) is 1. The molecule has 0 aliphatic rings. The molecule has 0 N–H and O–H groups in total. The maximum atomic E-state index is 10.7.